The number of amides is 2. The van der Waals surface area contributed by atoms with Gasteiger partial charge in [0.05, 0.1) is 46.4 Å². The van der Waals surface area contributed by atoms with Crippen LogP contribution in [0.4, 0.5) is 14.0 Å². The summed E-state index contributed by atoms with van der Waals surface area (Å²) in [6, 6.07) is 10.9. The third-order valence-electron chi connectivity index (χ3n) is 9.70. The number of carbonyl (C=O) groups excluding carboxylic acids is 1. The average molecular weight is 711 g/mol. The van der Waals surface area contributed by atoms with E-state index in [0.717, 1.165) is 23.5 Å². The molecule has 1 saturated carbocycles. The first-order valence-electron chi connectivity index (χ1n) is 16.1. The number of rotatable bonds is 9. The molecule has 252 valence electrons. The van der Waals surface area contributed by atoms with Crippen LogP contribution in [0.15, 0.2) is 30.3 Å². The summed E-state index contributed by atoms with van der Waals surface area (Å²) in [5.41, 5.74) is 3.39. The molecular weight excluding hydrogens is 672 g/mol. The number of aryl methyl sites for hydroxylation is 2. The van der Waals surface area contributed by atoms with Crippen molar-refractivity contribution in [2.24, 2.45) is 5.92 Å². The average Bonchev–Trinajstić information content (AvgIpc) is 3.72. The lowest BCUT2D eigenvalue weighted by Crippen LogP contribution is -2.43. The monoisotopic (exact) mass is 709 g/mol. The highest BCUT2D eigenvalue weighted by molar-refractivity contribution is 6.76. The molecule has 0 radical (unpaired) electrons. The standard InChI is InChI=1S/C35H38Cl2FN5O4Si/c1-18-23-16-26(19(2)41-34(44)47-12-13-48(3,4)5)43(32-21-15-27(32)42(17-21)35(45)46)33(23)24-14-20(8-7-11-39)28(30(38)31(24)40-18)22-9-6-10-25(36)29(22)37/h6,9-10,14,16,19,21,27,32H,7-8,12-13,15,17H2,1-5H3,(H,41,44)(H,45,46)/t19?,21-,27-,32+/m1/s1. The van der Waals surface area contributed by atoms with Crippen LogP contribution in [0.5, 0.6) is 0 Å². The van der Waals surface area contributed by atoms with Crippen molar-refractivity contribution < 1.29 is 23.8 Å². The summed E-state index contributed by atoms with van der Waals surface area (Å²) in [5.74, 6) is -0.530. The largest absolute Gasteiger partial charge is 0.465 e. The van der Waals surface area contributed by atoms with Gasteiger partial charge in [0.1, 0.15) is 5.52 Å². The lowest BCUT2D eigenvalue weighted by Gasteiger charge is -2.39. The molecule has 7 rings (SSSR count). The number of carboxylic acid groups (broad SMARTS) is 1. The molecule has 0 spiro atoms. The molecule has 4 heterocycles. The Labute approximate surface area is 289 Å². The fourth-order valence-corrected chi connectivity index (χ4v) is 8.38. The van der Waals surface area contributed by atoms with Gasteiger partial charge >= 0.3 is 12.2 Å². The maximum absolute atomic E-state index is 17.0. The van der Waals surface area contributed by atoms with E-state index >= 15 is 4.39 Å². The van der Waals surface area contributed by atoms with Gasteiger partial charge in [-0.1, -0.05) is 55.0 Å². The minimum atomic E-state index is -1.41. The number of ether oxygens (including phenoxy) is 1. The van der Waals surface area contributed by atoms with Gasteiger partial charge in [0, 0.05) is 60.2 Å². The molecule has 2 amide bonds. The topological polar surface area (TPSA) is 120 Å². The summed E-state index contributed by atoms with van der Waals surface area (Å²) in [6.07, 6.45) is -0.388. The molecule has 1 aliphatic carbocycles. The van der Waals surface area contributed by atoms with E-state index in [1.165, 1.54) is 4.90 Å². The molecule has 2 aliphatic heterocycles. The lowest BCUT2D eigenvalue weighted by molar-refractivity contribution is 0.123. The highest BCUT2D eigenvalue weighted by atomic mass is 35.5. The number of pyridine rings is 1. The number of hydrogen-bond acceptors (Lipinski definition) is 5. The molecule has 3 aliphatic rings. The molecule has 2 bridgehead atoms. The molecule has 48 heavy (non-hydrogen) atoms. The number of fused-ring (bicyclic) bond motifs is 4. The van der Waals surface area contributed by atoms with Crippen LogP contribution in [0.3, 0.4) is 0 Å². The van der Waals surface area contributed by atoms with Crippen molar-refractivity contribution in [2.75, 3.05) is 13.2 Å². The van der Waals surface area contributed by atoms with Gasteiger partial charge in [-0.25, -0.2) is 19.0 Å². The number of benzene rings is 2. The van der Waals surface area contributed by atoms with Crippen LogP contribution in [-0.4, -0.2) is 59.0 Å². The summed E-state index contributed by atoms with van der Waals surface area (Å²) < 4.78 is 24.6. The summed E-state index contributed by atoms with van der Waals surface area (Å²) in [4.78, 5) is 31.4. The quantitative estimate of drug-likeness (QED) is 0.167. The molecule has 1 unspecified atom stereocenters. The van der Waals surface area contributed by atoms with Gasteiger partial charge in [-0.05, 0) is 56.5 Å². The highest BCUT2D eigenvalue weighted by Gasteiger charge is 2.55. The van der Waals surface area contributed by atoms with E-state index in [1.807, 2.05) is 26.0 Å². The third-order valence-corrected chi connectivity index (χ3v) is 12.2. The van der Waals surface area contributed by atoms with Gasteiger partial charge in [0.15, 0.2) is 5.82 Å². The molecule has 2 aromatic heterocycles. The van der Waals surface area contributed by atoms with Crippen LogP contribution in [0.25, 0.3) is 32.9 Å². The Kier molecular flexibility index (Phi) is 9.13. The Morgan fingerprint density at radius 2 is 2.00 bits per heavy atom. The first kappa shape index (κ1) is 34.0. The number of hydrogen-bond donors (Lipinski definition) is 2. The molecule has 4 atom stereocenters. The van der Waals surface area contributed by atoms with Crippen LogP contribution < -0.4 is 5.32 Å². The minimum Gasteiger partial charge on any atom is -0.465 e. The number of alkyl carbamates (subject to hydrolysis) is 1. The zero-order valence-electron chi connectivity index (χ0n) is 27.5. The maximum atomic E-state index is 17.0. The predicted octanol–water partition coefficient (Wildman–Crippen LogP) is 9.12. The SMILES string of the molecule is Cc1nc2c(F)c(-c3cccc(Cl)c3Cl)c(CCC#N)cc2c2c1cc(C(C)NC(=O)OCC[Si](C)(C)C)n2[C@H]1[C@@H]2C[C@H]1N(C(=O)O)C2. The van der Waals surface area contributed by atoms with Crippen LogP contribution in [0, 0.1) is 30.0 Å². The van der Waals surface area contributed by atoms with Gasteiger partial charge in [-0.15, -0.1) is 0 Å². The van der Waals surface area contributed by atoms with Crippen molar-refractivity contribution in [1.29, 1.82) is 5.26 Å². The van der Waals surface area contributed by atoms with Crippen LogP contribution in [0.2, 0.25) is 35.7 Å². The molecule has 2 N–H and O–H groups in total. The van der Waals surface area contributed by atoms with E-state index in [-0.39, 0.29) is 52.0 Å². The van der Waals surface area contributed by atoms with E-state index in [1.54, 1.807) is 18.2 Å². The van der Waals surface area contributed by atoms with Crippen molar-refractivity contribution in [3.05, 3.63) is 63.1 Å². The highest BCUT2D eigenvalue weighted by Crippen LogP contribution is 2.53. The second-order valence-corrected chi connectivity index (χ2v) is 20.5. The van der Waals surface area contributed by atoms with Crippen molar-refractivity contribution in [3.63, 3.8) is 0 Å². The molecule has 2 saturated heterocycles. The normalized spacial score (nSPS) is 19.3. The second kappa shape index (κ2) is 12.9. The van der Waals surface area contributed by atoms with Gasteiger partial charge < -0.3 is 24.6 Å². The Balaban J connectivity index is 1.56. The number of nitrogens with zero attached hydrogens (tertiary/aromatic N) is 4. The van der Waals surface area contributed by atoms with Crippen molar-refractivity contribution in [3.8, 4) is 17.2 Å². The zero-order chi connectivity index (χ0) is 34.7. The first-order chi connectivity index (χ1) is 22.7. The number of nitriles is 1. The molecule has 2 aromatic carbocycles. The van der Waals surface area contributed by atoms with Gasteiger partial charge in [-0.2, -0.15) is 5.26 Å². The second-order valence-electron chi connectivity index (χ2n) is 14.1. The van der Waals surface area contributed by atoms with Gasteiger partial charge in [0.2, 0.25) is 0 Å². The van der Waals surface area contributed by atoms with Gasteiger partial charge in [-0.3, -0.25) is 0 Å². The van der Waals surface area contributed by atoms with Crippen molar-refractivity contribution >= 4 is 65.3 Å². The fraction of sp³-hybridized carbons (Fsp3) is 0.429. The number of halogens is 3. The number of aromatic nitrogens is 2. The molecule has 4 aromatic rings. The molecule has 13 heteroatoms. The molecule has 3 fully saturated rings. The summed E-state index contributed by atoms with van der Waals surface area (Å²) >= 11 is 13.0. The van der Waals surface area contributed by atoms with Crippen LogP contribution in [-0.2, 0) is 11.2 Å². The summed E-state index contributed by atoms with van der Waals surface area (Å²) in [7, 11) is -1.41. The van der Waals surface area contributed by atoms with E-state index in [4.69, 9.17) is 32.9 Å². The fourth-order valence-electron chi connectivity index (χ4n) is 7.27. The van der Waals surface area contributed by atoms with Crippen molar-refractivity contribution in [2.45, 2.75) is 76.9 Å². The van der Waals surface area contributed by atoms with Gasteiger partial charge in [0.25, 0.3) is 0 Å². The first-order valence-corrected chi connectivity index (χ1v) is 20.6. The summed E-state index contributed by atoms with van der Waals surface area (Å²) in [6.45, 7) is 11.0. The minimum absolute atomic E-state index is 0.0484. The van der Waals surface area contributed by atoms with Crippen LogP contribution >= 0.6 is 23.2 Å². The van der Waals surface area contributed by atoms with E-state index in [9.17, 15) is 20.0 Å². The molecule has 9 nitrogen and oxygen atoms in total. The number of carbonyl (C=O) groups is 2. The molecular formula is C35H38Cl2FN5O4Si. The van der Waals surface area contributed by atoms with E-state index in [2.05, 4.69) is 35.6 Å². The Morgan fingerprint density at radius 1 is 1.25 bits per heavy atom. The Morgan fingerprint density at radius 3 is 2.67 bits per heavy atom. The third kappa shape index (κ3) is 5.99. The summed E-state index contributed by atoms with van der Waals surface area (Å²) in [5, 5.41) is 24.2. The Hall–Kier alpha value is -3.85. The smallest absolute Gasteiger partial charge is 0.407 e. The maximum Gasteiger partial charge on any atom is 0.407 e. The predicted molar refractivity (Wildman–Crippen MR) is 188 cm³/mol. The lowest BCUT2D eigenvalue weighted by atomic mass is 9.79. The van der Waals surface area contributed by atoms with E-state index < -0.39 is 32.1 Å². The van der Waals surface area contributed by atoms with Crippen molar-refractivity contribution in [1.82, 2.24) is 19.8 Å². The Bertz CT molecular complexity index is 2010. The zero-order valence-corrected chi connectivity index (χ0v) is 30.0. The van der Waals surface area contributed by atoms with E-state index in [0.29, 0.717) is 40.9 Å². The van der Waals surface area contributed by atoms with Crippen LogP contribution in [0.1, 0.15) is 48.8 Å². The number of nitrogens with one attached hydrogen (secondary N) is 1.